The second-order valence-electron chi connectivity index (χ2n) is 4.67. The topological polar surface area (TPSA) is 46.5 Å². The van der Waals surface area contributed by atoms with Crippen molar-refractivity contribution in [1.29, 1.82) is 0 Å². The first kappa shape index (κ1) is 11.5. The molecule has 1 aliphatic carbocycles. The summed E-state index contributed by atoms with van der Waals surface area (Å²) >= 11 is 0. The van der Waals surface area contributed by atoms with E-state index in [1.165, 1.54) is 0 Å². The normalized spacial score (nSPS) is 20.9. The second-order valence-corrected chi connectivity index (χ2v) is 4.67. The molecule has 0 bridgehead atoms. The predicted octanol–water partition coefficient (Wildman–Crippen LogP) is 2.30. The molecule has 1 aliphatic rings. The van der Waals surface area contributed by atoms with E-state index in [0.717, 1.165) is 12.8 Å². The molecule has 0 saturated heterocycles. The fourth-order valence-electron chi connectivity index (χ4n) is 1.71. The number of carboxylic acids is 1. The molecule has 0 heterocycles. The Kier molecular flexibility index (Phi) is 3.53. The van der Waals surface area contributed by atoms with Gasteiger partial charge < -0.3 is 9.84 Å². The van der Waals surface area contributed by atoms with E-state index >= 15 is 0 Å². The van der Waals surface area contributed by atoms with Crippen LogP contribution in [0.2, 0.25) is 0 Å². The van der Waals surface area contributed by atoms with Gasteiger partial charge in [0.15, 0.2) is 0 Å². The van der Waals surface area contributed by atoms with Crippen molar-refractivity contribution in [1.82, 2.24) is 0 Å². The van der Waals surface area contributed by atoms with Gasteiger partial charge in [0.1, 0.15) is 0 Å². The molecule has 3 nitrogen and oxygen atoms in total. The van der Waals surface area contributed by atoms with Crippen LogP contribution in [0.1, 0.15) is 40.0 Å². The number of ether oxygens (including phenoxy) is 1. The third-order valence-electron chi connectivity index (χ3n) is 3.04. The molecule has 0 spiro atoms. The Balaban J connectivity index is 2.40. The van der Waals surface area contributed by atoms with E-state index < -0.39 is 11.4 Å². The highest BCUT2D eigenvalue weighted by Crippen LogP contribution is 2.47. The summed E-state index contributed by atoms with van der Waals surface area (Å²) in [6.07, 6.45) is 2.94. The van der Waals surface area contributed by atoms with E-state index in [-0.39, 0.29) is 6.10 Å². The summed E-state index contributed by atoms with van der Waals surface area (Å²) in [7, 11) is 0. The van der Waals surface area contributed by atoms with E-state index in [2.05, 4.69) is 0 Å². The zero-order valence-corrected chi connectivity index (χ0v) is 9.25. The van der Waals surface area contributed by atoms with Crippen molar-refractivity contribution >= 4 is 5.97 Å². The van der Waals surface area contributed by atoms with Crippen molar-refractivity contribution in [2.75, 3.05) is 6.61 Å². The van der Waals surface area contributed by atoms with E-state index in [9.17, 15) is 4.79 Å². The quantitative estimate of drug-likeness (QED) is 0.715. The average molecular weight is 200 g/mol. The van der Waals surface area contributed by atoms with Gasteiger partial charge in [0.2, 0.25) is 0 Å². The summed E-state index contributed by atoms with van der Waals surface area (Å²) < 4.78 is 5.40. The molecule has 0 aromatic heterocycles. The number of aliphatic carboxylic acids is 1. The molecule has 0 aromatic rings. The van der Waals surface area contributed by atoms with Gasteiger partial charge >= 0.3 is 5.97 Å². The molecular weight excluding hydrogens is 180 g/mol. The van der Waals surface area contributed by atoms with Crippen LogP contribution in [0, 0.1) is 11.3 Å². The molecule has 1 fully saturated rings. The Hall–Kier alpha value is -0.570. The smallest absolute Gasteiger partial charge is 0.309 e. The predicted molar refractivity (Wildman–Crippen MR) is 54.2 cm³/mol. The minimum atomic E-state index is -0.674. The van der Waals surface area contributed by atoms with Gasteiger partial charge in [0, 0.05) is 6.61 Å². The van der Waals surface area contributed by atoms with Crippen LogP contribution in [0.4, 0.5) is 0 Å². The number of carbonyl (C=O) groups is 1. The van der Waals surface area contributed by atoms with E-state index in [0.29, 0.717) is 18.9 Å². The van der Waals surface area contributed by atoms with Crippen LogP contribution in [-0.2, 0) is 9.53 Å². The van der Waals surface area contributed by atoms with Crippen molar-refractivity contribution in [3.05, 3.63) is 0 Å². The monoisotopic (exact) mass is 200 g/mol. The minimum Gasteiger partial charge on any atom is -0.481 e. The molecule has 3 heteroatoms. The summed E-state index contributed by atoms with van der Waals surface area (Å²) in [5.41, 5.74) is -0.561. The molecule has 0 amide bonds. The van der Waals surface area contributed by atoms with Crippen molar-refractivity contribution in [3.8, 4) is 0 Å². The Morgan fingerprint density at radius 2 is 2.14 bits per heavy atom. The van der Waals surface area contributed by atoms with Crippen molar-refractivity contribution < 1.29 is 14.6 Å². The zero-order chi connectivity index (χ0) is 10.8. The summed E-state index contributed by atoms with van der Waals surface area (Å²) in [4.78, 5) is 11.1. The average Bonchev–Trinajstić information content (AvgIpc) is 2.84. The summed E-state index contributed by atoms with van der Waals surface area (Å²) in [6, 6.07) is 0. The van der Waals surface area contributed by atoms with Gasteiger partial charge in [0.05, 0.1) is 11.5 Å². The van der Waals surface area contributed by atoms with Gasteiger partial charge in [-0.15, -0.1) is 0 Å². The molecular formula is C11H20O3. The highest BCUT2D eigenvalue weighted by Gasteiger charge is 2.46. The summed E-state index contributed by atoms with van der Waals surface area (Å²) in [5.74, 6) is -0.303. The van der Waals surface area contributed by atoms with Crippen LogP contribution >= 0.6 is 0 Å². The molecule has 82 valence electrons. The lowest BCUT2D eigenvalue weighted by atomic mass is 9.82. The molecule has 1 rings (SSSR count). The lowest BCUT2D eigenvalue weighted by Crippen LogP contribution is -2.31. The zero-order valence-electron chi connectivity index (χ0n) is 9.25. The van der Waals surface area contributed by atoms with Gasteiger partial charge in [-0.05, 0) is 46.0 Å². The van der Waals surface area contributed by atoms with Gasteiger partial charge in [0.25, 0.3) is 0 Å². The molecule has 0 aromatic carbocycles. The van der Waals surface area contributed by atoms with E-state index in [1.54, 1.807) is 0 Å². The SMILES string of the molecule is CC(C)OCCC(C)(C(=O)O)C1CC1. The molecule has 0 aliphatic heterocycles. The molecule has 1 N–H and O–H groups in total. The first-order valence-corrected chi connectivity index (χ1v) is 5.32. The summed E-state index contributed by atoms with van der Waals surface area (Å²) in [5, 5.41) is 9.15. The lowest BCUT2D eigenvalue weighted by Gasteiger charge is -2.24. The van der Waals surface area contributed by atoms with Crippen LogP contribution in [-0.4, -0.2) is 23.8 Å². The van der Waals surface area contributed by atoms with Crippen LogP contribution < -0.4 is 0 Å². The Morgan fingerprint density at radius 3 is 2.50 bits per heavy atom. The Labute approximate surface area is 85.5 Å². The van der Waals surface area contributed by atoms with Crippen LogP contribution in [0.25, 0.3) is 0 Å². The van der Waals surface area contributed by atoms with Crippen molar-refractivity contribution in [3.63, 3.8) is 0 Å². The van der Waals surface area contributed by atoms with Crippen molar-refractivity contribution in [2.24, 2.45) is 11.3 Å². The number of carboxylic acid groups (broad SMARTS) is 1. The molecule has 14 heavy (non-hydrogen) atoms. The first-order valence-electron chi connectivity index (χ1n) is 5.32. The molecule has 1 unspecified atom stereocenters. The van der Waals surface area contributed by atoms with E-state index in [1.807, 2.05) is 20.8 Å². The van der Waals surface area contributed by atoms with Crippen LogP contribution in [0.5, 0.6) is 0 Å². The van der Waals surface area contributed by atoms with Crippen LogP contribution in [0.15, 0.2) is 0 Å². The summed E-state index contributed by atoms with van der Waals surface area (Å²) in [6.45, 7) is 6.33. The first-order chi connectivity index (χ1) is 6.47. The second kappa shape index (κ2) is 4.30. The molecule has 0 radical (unpaired) electrons. The van der Waals surface area contributed by atoms with E-state index in [4.69, 9.17) is 9.84 Å². The maximum atomic E-state index is 11.1. The highest BCUT2D eigenvalue weighted by molar-refractivity contribution is 5.75. The highest BCUT2D eigenvalue weighted by atomic mass is 16.5. The Bertz CT molecular complexity index is 209. The maximum absolute atomic E-state index is 11.1. The number of rotatable bonds is 6. The van der Waals surface area contributed by atoms with Gasteiger partial charge in [-0.1, -0.05) is 0 Å². The third kappa shape index (κ3) is 2.71. The molecule has 1 atom stereocenters. The van der Waals surface area contributed by atoms with Gasteiger partial charge in [-0.2, -0.15) is 0 Å². The maximum Gasteiger partial charge on any atom is 0.309 e. The largest absolute Gasteiger partial charge is 0.481 e. The Morgan fingerprint density at radius 1 is 1.57 bits per heavy atom. The third-order valence-corrected chi connectivity index (χ3v) is 3.04. The minimum absolute atomic E-state index is 0.187. The number of hydrogen-bond donors (Lipinski definition) is 1. The fourth-order valence-corrected chi connectivity index (χ4v) is 1.71. The van der Waals surface area contributed by atoms with Crippen LogP contribution in [0.3, 0.4) is 0 Å². The lowest BCUT2D eigenvalue weighted by molar-refractivity contribution is -0.150. The fraction of sp³-hybridized carbons (Fsp3) is 0.909. The van der Waals surface area contributed by atoms with Crippen molar-refractivity contribution in [2.45, 2.75) is 46.1 Å². The standard InChI is InChI=1S/C11H20O3/c1-8(2)14-7-6-11(3,10(12)13)9-4-5-9/h8-9H,4-7H2,1-3H3,(H,12,13). The number of hydrogen-bond acceptors (Lipinski definition) is 2. The van der Waals surface area contributed by atoms with Gasteiger partial charge in [-0.25, -0.2) is 0 Å². The molecule has 1 saturated carbocycles. The van der Waals surface area contributed by atoms with Gasteiger partial charge in [-0.3, -0.25) is 4.79 Å².